The first-order chi connectivity index (χ1) is 12.1. The number of carbonyl (C=O) groups excluding carboxylic acids is 1. The number of ether oxygens (including phenoxy) is 2. The maximum absolute atomic E-state index is 12.9. The fraction of sp³-hybridized carbons (Fsp3) is 0.474. The van der Waals surface area contributed by atoms with Crippen molar-refractivity contribution in [2.75, 3.05) is 32.9 Å². The van der Waals surface area contributed by atoms with Gasteiger partial charge in [-0.1, -0.05) is 12.1 Å². The summed E-state index contributed by atoms with van der Waals surface area (Å²) in [5.41, 5.74) is 4.45. The maximum Gasteiger partial charge on any atom is 0.272 e. The molecule has 0 aliphatic carbocycles. The fourth-order valence-corrected chi connectivity index (χ4v) is 3.50. The molecule has 1 unspecified atom stereocenters. The third kappa shape index (κ3) is 3.07. The van der Waals surface area contributed by atoms with Crippen molar-refractivity contribution in [3.63, 3.8) is 0 Å². The van der Waals surface area contributed by atoms with Crippen LogP contribution in [0.2, 0.25) is 0 Å². The van der Waals surface area contributed by atoms with Crippen LogP contribution in [0.5, 0.6) is 0 Å². The molecule has 0 radical (unpaired) electrons. The Morgan fingerprint density at radius 3 is 2.88 bits per heavy atom. The van der Waals surface area contributed by atoms with Gasteiger partial charge in [0.1, 0.15) is 11.3 Å². The van der Waals surface area contributed by atoms with Crippen molar-refractivity contribution in [3.05, 3.63) is 41.1 Å². The quantitative estimate of drug-likeness (QED) is 0.910. The highest BCUT2D eigenvalue weighted by atomic mass is 16.6. The van der Waals surface area contributed by atoms with Gasteiger partial charge in [0.2, 0.25) is 0 Å². The lowest BCUT2D eigenvalue weighted by Gasteiger charge is -2.39. The summed E-state index contributed by atoms with van der Waals surface area (Å²) < 4.78 is 11.4. The van der Waals surface area contributed by atoms with Crippen molar-refractivity contribution in [2.24, 2.45) is 0 Å². The Morgan fingerprint density at radius 1 is 1.24 bits per heavy atom. The Balaban J connectivity index is 1.53. The molecule has 1 aromatic heterocycles. The zero-order valence-electron chi connectivity index (χ0n) is 14.7. The minimum absolute atomic E-state index is 0.0304. The van der Waals surface area contributed by atoms with Gasteiger partial charge in [0.05, 0.1) is 25.5 Å². The lowest BCUT2D eigenvalue weighted by Crippen LogP contribution is -2.54. The van der Waals surface area contributed by atoms with Gasteiger partial charge in [0, 0.05) is 25.1 Å². The zero-order valence-corrected chi connectivity index (χ0v) is 14.7. The van der Waals surface area contributed by atoms with E-state index in [2.05, 4.69) is 36.2 Å². The second kappa shape index (κ2) is 6.28. The van der Waals surface area contributed by atoms with Crippen molar-refractivity contribution in [1.29, 1.82) is 0 Å². The molecule has 2 aromatic rings. The second-order valence-electron chi connectivity index (χ2n) is 7.03. The van der Waals surface area contributed by atoms with Gasteiger partial charge in [-0.15, -0.1) is 0 Å². The van der Waals surface area contributed by atoms with Gasteiger partial charge in [-0.25, -0.2) is 0 Å². The van der Waals surface area contributed by atoms with E-state index in [0.717, 1.165) is 17.7 Å². The summed E-state index contributed by atoms with van der Waals surface area (Å²) >= 11 is 0. The fourth-order valence-electron chi connectivity index (χ4n) is 3.50. The summed E-state index contributed by atoms with van der Waals surface area (Å²) in [6.07, 6.45) is 0.841. The van der Waals surface area contributed by atoms with Crippen molar-refractivity contribution >= 4 is 5.91 Å². The SMILES string of the molecule is Cc1ccc(-c2cc(C(=O)N3CCOC4(CCOC4)C3)[nH]n2)cc1C. The molecule has 1 N–H and O–H groups in total. The highest BCUT2D eigenvalue weighted by Crippen LogP contribution is 2.28. The zero-order chi connectivity index (χ0) is 17.4. The van der Waals surface area contributed by atoms with E-state index in [4.69, 9.17) is 9.47 Å². The third-order valence-electron chi connectivity index (χ3n) is 5.21. The van der Waals surface area contributed by atoms with Crippen LogP contribution in [0.15, 0.2) is 24.3 Å². The normalized spacial score (nSPS) is 23.4. The molecule has 2 saturated heterocycles. The van der Waals surface area contributed by atoms with Gasteiger partial charge in [0.25, 0.3) is 5.91 Å². The first kappa shape index (κ1) is 16.3. The van der Waals surface area contributed by atoms with Crippen LogP contribution in [0.4, 0.5) is 0 Å². The van der Waals surface area contributed by atoms with Gasteiger partial charge < -0.3 is 14.4 Å². The summed E-state index contributed by atoms with van der Waals surface area (Å²) in [7, 11) is 0. The molecule has 2 aliphatic rings. The Morgan fingerprint density at radius 2 is 2.12 bits per heavy atom. The Labute approximate surface area is 147 Å². The minimum atomic E-state index is -0.329. The number of rotatable bonds is 2. The molecule has 1 aromatic carbocycles. The topological polar surface area (TPSA) is 67.5 Å². The van der Waals surface area contributed by atoms with E-state index < -0.39 is 0 Å². The summed E-state index contributed by atoms with van der Waals surface area (Å²) in [5.74, 6) is -0.0304. The number of aromatic nitrogens is 2. The second-order valence-corrected chi connectivity index (χ2v) is 7.03. The summed E-state index contributed by atoms with van der Waals surface area (Å²) in [5, 5.41) is 7.23. The van der Waals surface area contributed by atoms with E-state index in [-0.39, 0.29) is 11.5 Å². The molecular weight excluding hydrogens is 318 g/mol. The lowest BCUT2D eigenvalue weighted by molar-refractivity contribution is -0.0996. The van der Waals surface area contributed by atoms with Crippen LogP contribution in [0.1, 0.15) is 28.0 Å². The number of aromatic amines is 1. The van der Waals surface area contributed by atoms with Crippen LogP contribution < -0.4 is 0 Å². The molecule has 6 nitrogen and oxygen atoms in total. The number of benzene rings is 1. The molecule has 3 heterocycles. The van der Waals surface area contributed by atoms with Crippen molar-refractivity contribution in [2.45, 2.75) is 25.9 Å². The van der Waals surface area contributed by atoms with E-state index in [0.29, 0.717) is 38.6 Å². The van der Waals surface area contributed by atoms with Crippen molar-refractivity contribution in [3.8, 4) is 11.3 Å². The number of aryl methyl sites for hydroxylation is 2. The molecule has 0 saturated carbocycles. The predicted molar refractivity (Wildman–Crippen MR) is 93.5 cm³/mol. The smallest absolute Gasteiger partial charge is 0.272 e. The van der Waals surface area contributed by atoms with E-state index in [1.54, 1.807) is 0 Å². The average molecular weight is 341 g/mol. The van der Waals surface area contributed by atoms with E-state index >= 15 is 0 Å². The number of nitrogens with zero attached hydrogens (tertiary/aromatic N) is 2. The van der Waals surface area contributed by atoms with Gasteiger partial charge in [0.15, 0.2) is 0 Å². The largest absolute Gasteiger partial charge is 0.378 e. The van der Waals surface area contributed by atoms with Crippen LogP contribution in [0.25, 0.3) is 11.3 Å². The van der Waals surface area contributed by atoms with Crippen LogP contribution in [0.3, 0.4) is 0 Å². The van der Waals surface area contributed by atoms with Crippen LogP contribution in [-0.4, -0.2) is 59.5 Å². The summed E-state index contributed by atoms with van der Waals surface area (Å²) in [4.78, 5) is 14.7. The molecule has 1 atom stereocenters. The molecule has 25 heavy (non-hydrogen) atoms. The van der Waals surface area contributed by atoms with E-state index in [1.165, 1.54) is 11.1 Å². The summed E-state index contributed by atoms with van der Waals surface area (Å²) in [6.45, 7) is 7.14. The lowest BCUT2D eigenvalue weighted by atomic mass is 10.0. The Kier molecular flexibility index (Phi) is 4.09. The first-order valence-corrected chi connectivity index (χ1v) is 8.70. The van der Waals surface area contributed by atoms with Crippen molar-refractivity contribution < 1.29 is 14.3 Å². The number of morpholine rings is 1. The van der Waals surface area contributed by atoms with Gasteiger partial charge in [-0.2, -0.15) is 5.10 Å². The number of amides is 1. The predicted octanol–water partition coefficient (Wildman–Crippen LogP) is 2.33. The molecular formula is C19H23N3O3. The number of H-pyrrole nitrogens is 1. The van der Waals surface area contributed by atoms with E-state index in [9.17, 15) is 4.79 Å². The highest BCUT2D eigenvalue weighted by Gasteiger charge is 2.42. The van der Waals surface area contributed by atoms with E-state index in [1.807, 2.05) is 17.0 Å². The van der Waals surface area contributed by atoms with Gasteiger partial charge >= 0.3 is 0 Å². The number of nitrogens with one attached hydrogen (secondary N) is 1. The van der Waals surface area contributed by atoms with Gasteiger partial charge in [-0.05, 0) is 37.1 Å². The molecule has 6 heteroatoms. The molecule has 2 aliphatic heterocycles. The Hall–Kier alpha value is -2.18. The molecule has 0 bridgehead atoms. The van der Waals surface area contributed by atoms with Crippen LogP contribution >= 0.6 is 0 Å². The monoisotopic (exact) mass is 341 g/mol. The molecule has 2 fully saturated rings. The van der Waals surface area contributed by atoms with Crippen LogP contribution in [-0.2, 0) is 9.47 Å². The highest BCUT2D eigenvalue weighted by molar-refractivity contribution is 5.93. The van der Waals surface area contributed by atoms with Gasteiger partial charge in [-0.3, -0.25) is 9.89 Å². The molecule has 1 spiro atoms. The molecule has 132 valence electrons. The average Bonchev–Trinajstić information content (AvgIpc) is 3.27. The van der Waals surface area contributed by atoms with Crippen LogP contribution in [0, 0.1) is 13.8 Å². The number of hydrogen-bond acceptors (Lipinski definition) is 4. The number of hydrogen-bond donors (Lipinski definition) is 1. The Bertz CT molecular complexity index is 793. The summed E-state index contributed by atoms with van der Waals surface area (Å²) in [6, 6.07) is 8.04. The minimum Gasteiger partial charge on any atom is -0.378 e. The molecule has 4 rings (SSSR count). The third-order valence-corrected chi connectivity index (χ3v) is 5.21. The number of carbonyl (C=O) groups is 1. The first-order valence-electron chi connectivity index (χ1n) is 8.70. The molecule has 1 amide bonds. The van der Waals surface area contributed by atoms with Crippen molar-refractivity contribution in [1.82, 2.24) is 15.1 Å². The maximum atomic E-state index is 12.9. The standard InChI is InChI=1S/C19H23N3O3/c1-13-3-4-15(9-14(13)2)16-10-17(21-20-16)18(23)22-6-8-25-19(11-22)5-7-24-12-19/h3-4,9-10H,5-8,11-12H2,1-2H3,(H,20,21).